The number of aryl methyl sites for hydroxylation is 1. The Balaban J connectivity index is 1.32. The molecule has 1 fully saturated rings. The first-order chi connectivity index (χ1) is 11.8. The van der Waals surface area contributed by atoms with E-state index < -0.39 is 0 Å². The van der Waals surface area contributed by atoms with E-state index in [9.17, 15) is 0 Å². The molecule has 0 saturated carbocycles. The van der Waals surface area contributed by atoms with Gasteiger partial charge in [0.2, 0.25) is 0 Å². The molecular formula is C21H27ClN2. The molecule has 1 heterocycles. The number of hydrogen-bond acceptors (Lipinski definition) is 2. The average molecular weight is 343 g/mol. The number of nitrogens with zero attached hydrogens (tertiary/aromatic N) is 2. The summed E-state index contributed by atoms with van der Waals surface area (Å²) < 4.78 is 0. The predicted octanol–water partition coefficient (Wildman–Crippen LogP) is 4.13. The zero-order valence-electron chi connectivity index (χ0n) is 14.3. The Morgan fingerprint density at radius 1 is 0.708 bits per heavy atom. The van der Waals surface area contributed by atoms with Crippen LogP contribution in [0.25, 0.3) is 0 Å². The zero-order chi connectivity index (χ0) is 16.6. The van der Waals surface area contributed by atoms with Gasteiger partial charge in [0, 0.05) is 37.7 Å². The number of rotatable bonds is 7. The molecule has 2 nitrogen and oxygen atoms in total. The first-order valence-electron chi connectivity index (χ1n) is 9.03. The maximum atomic E-state index is 6.06. The highest BCUT2D eigenvalue weighted by Gasteiger charge is 2.16. The maximum Gasteiger partial charge on any atom is 0.0408 e. The van der Waals surface area contributed by atoms with Crippen LogP contribution in [0.3, 0.4) is 0 Å². The molecule has 3 rings (SSSR count). The molecule has 2 aromatic rings. The Labute approximate surface area is 151 Å². The van der Waals surface area contributed by atoms with E-state index in [1.807, 2.05) is 12.1 Å². The van der Waals surface area contributed by atoms with Crippen molar-refractivity contribution in [3.63, 3.8) is 0 Å². The quantitative estimate of drug-likeness (QED) is 0.746. The van der Waals surface area contributed by atoms with Crippen LogP contribution in [-0.2, 0) is 12.8 Å². The highest BCUT2D eigenvalue weighted by Crippen LogP contribution is 2.12. The normalized spacial score (nSPS) is 16.4. The van der Waals surface area contributed by atoms with Gasteiger partial charge in [0.15, 0.2) is 0 Å². The predicted molar refractivity (Wildman–Crippen MR) is 103 cm³/mol. The lowest BCUT2D eigenvalue weighted by atomic mass is 10.1. The fourth-order valence-electron chi connectivity index (χ4n) is 3.37. The second-order valence-corrected chi connectivity index (χ2v) is 7.09. The third-order valence-electron chi connectivity index (χ3n) is 4.85. The number of hydrogen-bond donors (Lipinski definition) is 0. The van der Waals surface area contributed by atoms with Crippen molar-refractivity contribution >= 4 is 11.6 Å². The standard InChI is InChI=1S/C21H27ClN2/c22-21-10-4-8-20(18-21)11-13-24-16-14-23(15-17-24)12-5-9-19-6-2-1-3-7-19/h1-4,6-8,10,18H,5,9,11-17H2. The lowest BCUT2D eigenvalue weighted by Crippen LogP contribution is -2.47. The molecule has 0 radical (unpaired) electrons. The van der Waals surface area contributed by atoms with E-state index in [1.54, 1.807) is 0 Å². The largest absolute Gasteiger partial charge is 0.301 e. The van der Waals surface area contributed by atoms with E-state index in [-0.39, 0.29) is 0 Å². The number of halogens is 1. The summed E-state index contributed by atoms with van der Waals surface area (Å²) in [5, 5.41) is 0.843. The minimum Gasteiger partial charge on any atom is -0.301 e. The second kappa shape index (κ2) is 9.22. The van der Waals surface area contributed by atoms with Gasteiger partial charge in [-0.05, 0) is 49.1 Å². The minimum absolute atomic E-state index is 0.843. The van der Waals surface area contributed by atoms with Crippen LogP contribution in [0.5, 0.6) is 0 Å². The van der Waals surface area contributed by atoms with Crippen LogP contribution in [0.2, 0.25) is 5.02 Å². The Bertz CT molecular complexity index is 606. The first kappa shape index (κ1) is 17.5. The molecule has 24 heavy (non-hydrogen) atoms. The van der Waals surface area contributed by atoms with Gasteiger partial charge >= 0.3 is 0 Å². The molecule has 0 amide bonds. The summed E-state index contributed by atoms with van der Waals surface area (Å²) in [6, 6.07) is 19.1. The van der Waals surface area contributed by atoms with Crippen LogP contribution in [-0.4, -0.2) is 49.1 Å². The van der Waals surface area contributed by atoms with Crippen molar-refractivity contribution < 1.29 is 0 Å². The third-order valence-corrected chi connectivity index (χ3v) is 5.09. The van der Waals surface area contributed by atoms with E-state index in [0.29, 0.717) is 0 Å². The van der Waals surface area contributed by atoms with Crippen molar-refractivity contribution in [2.45, 2.75) is 19.3 Å². The van der Waals surface area contributed by atoms with Crippen LogP contribution in [0.1, 0.15) is 17.5 Å². The monoisotopic (exact) mass is 342 g/mol. The number of piperazine rings is 1. The summed E-state index contributed by atoms with van der Waals surface area (Å²) in [4.78, 5) is 5.19. The molecule has 0 spiro atoms. The molecule has 1 aliphatic rings. The van der Waals surface area contributed by atoms with Crippen LogP contribution in [0, 0.1) is 0 Å². The van der Waals surface area contributed by atoms with Crippen molar-refractivity contribution in [1.82, 2.24) is 9.80 Å². The summed E-state index contributed by atoms with van der Waals surface area (Å²) >= 11 is 6.06. The molecule has 0 aromatic heterocycles. The molecular weight excluding hydrogens is 316 g/mol. The van der Waals surface area contributed by atoms with Gasteiger partial charge < -0.3 is 9.80 Å². The van der Waals surface area contributed by atoms with Gasteiger partial charge in [-0.15, -0.1) is 0 Å². The summed E-state index contributed by atoms with van der Waals surface area (Å²) in [5.41, 5.74) is 2.80. The van der Waals surface area contributed by atoms with E-state index in [0.717, 1.165) is 18.0 Å². The molecule has 0 bridgehead atoms. The molecule has 0 N–H and O–H groups in total. The highest BCUT2D eigenvalue weighted by molar-refractivity contribution is 6.30. The fraction of sp³-hybridized carbons (Fsp3) is 0.429. The lowest BCUT2D eigenvalue weighted by molar-refractivity contribution is 0.132. The number of benzene rings is 2. The Morgan fingerprint density at radius 2 is 1.38 bits per heavy atom. The first-order valence-corrected chi connectivity index (χ1v) is 9.40. The highest BCUT2D eigenvalue weighted by atomic mass is 35.5. The van der Waals surface area contributed by atoms with Gasteiger partial charge in [-0.25, -0.2) is 0 Å². The smallest absolute Gasteiger partial charge is 0.0408 e. The molecule has 2 aromatic carbocycles. The van der Waals surface area contributed by atoms with Gasteiger partial charge in [0.05, 0.1) is 0 Å². The summed E-state index contributed by atoms with van der Waals surface area (Å²) in [7, 11) is 0. The summed E-state index contributed by atoms with van der Waals surface area (Å²) in [6.45, 7) is 7.13. The van der Waals surface area contributed by atoms with Gasteiger partial charge in [-0.3, -0.25) is 0 Å². The van der Waals surface area contributed by atoms with Crippen LogP contribution >= 0.6 is 11.6 Å². The Morgan fingerprint density at radius 3 is 2.08 bits per heavy atom. The molecule has 3 heteroatoms. The van der Waals surface area contributed by atoms with Crippen molar-refractivity contribution in [1.29, 1.82) is 0 Å². The van der Waals surface area contributed by atoms with Crippen LogP contribution < -0.4 is 0 Å². The molecule has 1 aliphatic heterocycles. The van der Waals surface area contributed by atoms with E-state index >= 15 is 0 Å². The van der Waals surface area contributed by atoms with Gasteiger partial charge in [-0.1, -0.05) is 54.1 Å². The fourth-order valence-corrected chi connectivity index (χ4v) is 3.58. The second-order valence-electron chi connectivity index (χ2n) is 6.65. The summed E-state index contributed by atoms with van der Waals surface area (Å²) in [6.07, 6.45) is 3.54. The van der Waals surface area contributed by atoms with Crippen LogP contribution in [0.15, 0.2) is 54.6 Å². The molecule has 128 valence electrons. The molecule has 1 saturated heterocycles. The molecule has 0 aliphatic carbocycles. The van der Waals surface area contributed by atoms with Crippen molar-refractivity contribution in [3.05, 3.63) is 70.7 Å². The topological polar surface area (TPSA) is 6.48 Å². The van der Waals surface area contributed by atoms with Gasteiger partial charge in [-0.2, -0.15) is 0 Å². The van der Waals surface area contributed by atoms with Crippen LogP contribution in [0.4, 0.5) is 0 Å². The van der Waals surface area contributed by atoms with E-state index in [1.165, 1.54) is 56.7 Å². The SMILES string of the molecule is Clc1cccc(CCN2CCN(CCCc3ccccc3)CC2)c1. The van der Waals surface area contributed by atoms with E-state index in [2.05, 4.69) is 52.3 Å². The third kappa shape index (κ3) is 5.62. The Kier molecular flexibility index (Phi) is 6.71. The van der Waals surface area contributed by atoms with Crippen molar-refractivity contribution in [2.75, 3.05) is 39.3 Å². The lowest BCUT2D eigenvalue weighted by Gasteiger charge is -2.34. The van der Waals surface area contributed by atoms with Crippen molar-refractivity contribution in [2.24, 2.45) is 0 Å². The summed E-state index contributed by atoms with van der Waals surface area (Å²) in [5.74, 6) is 0. The average Bonchev–Trinajstić information content (AvgIpc) is 2.62. The zero-order valence-corrected chi connectivity index (χ0v) is 15.1. The Hall–Kier alpha value is -1.35. The maximum absolute atomic E-state index is 6.06. The minimum atomic E-state index is 0.843. The molecule has 0 atom stereocenters. The van der Waals surface area contributed by atoms with Gasteiger partial charge in [0.25, 0.3) is 0 Å². The van der Waals surface area contributed by atoms with E-state index in [4.69, 9.17) is 11.6 Å². The van der Waals surface area contributed by atoms with Gasteiger partial charge in [0.1, 0.15) is 0 Å². The molecule has 0 unspecified atom stereocenters. The van der Waals surface area contributed by atoms with Crippen molar-refractivity contribution in [3.8, 4) is 0 Å².